The first-order valence-corrected chi connectivity index (χ1v) is 4.84. The van der Waals surface area contributed by atoms with Gasteiger partial charge in [-0.2, -0.15) is 0 Å². The lowest BCUT2D eigenvalue weighted by molar-refractivity contribution is -0.117. The van der Waals surface area contributed by atoms with Crippen LogP contribution in [0.2, 0.25) is 0 Å². The molecule has 74 valence electrons. The van der Waals surface area contributed by atoms with E-state index in [1.807, 2.05) is 13.8 Å². The number of rotatable bonds is 5. The molecular weight excluding hydrogens is 150 g/mol. The summed E-state index contributed by atoms with van der Waals surface area (Å²) in [4.78, 5) is 12.7. The fourth-order valence-corrected chi connectivity index (χ4v) is 0.756. The largest absolute Gasteiger partial charge is 0.307 e. The third kappa shape index (κ3) is 12.3. The van der Waals surface area contributed by atoms with Crippen LogP contribution in [-0.4, -0.2) is 30.8 Å². The first kappa shape index (κ1) is 14.2. The van der Waals surface area contributed by atoms with Gasteiger partial charge in [0.25, 0.3) is 0 Å². The molecule has 0 saturated carbocycles. The molecule has 0 heterocycles. The van der Waals surface area contributed by atoms with Crippen molar-refractivity contribution < 1.29 is 4.79 Å². The summed E-state index contributed by atoms with van der Waals surface area (Å²) in [5.41, 5.74) is 0. The smallest absolute Gasteiger partial charge is 0.129 e. The molecule has 0 aromatic carbocycles. The van der Waals surface area contributed by atoms with Crippen molar-refractivity contribution in [1.29, 1.82) is 0 Å². The van der Waals surface area contributed by atoms with Crippen LogP contribution in [0.5, 0.6) is 0 Å². The highest BCUT2D eigenvalue weighted by Gasteiger charge is 1.95. The van der Waals surface area contributed by atoms with Crippen molar-refractivity contribution in [2.75, 3.05) is 20.1 Å². The summed E-state index contributed by atoms with van der Waals surface area (Å²) in [7, 11) is 2.07. The lowest BCUT2D eigenvalue weighted by atomic mass is 10.2. The van der Waals surface area contributed by atoms with E-state index in [2.05, 4.69) is 18.9 Å². The molecule has 0 N–H and O–H groups in total. The molecule has 0 fully saturated rings. The van der Waals surface area contributed by atoms with Crippen LogP contribution >= 0.6 is 0 Å². The first-order chi connectivity index (χ1) is 5.66. The number of carbonyl (C=O) groups excluding carboxylic acids is 1. The molecular formula is C10H23NO. The highest BCUT2D eigenvalue weighted by Crippen LogP contribution is 1.92. The molecule has 2 nitrogen and oxygen atoms in total. The van der Waals surface area contributed by atoms with Gasteiger partial charge in [-0.05, 0) is 33.5 Å². The quantitative estimate of drug-likeness (QED) is 0.636. The molecule has 2 heteroatoms. The molecule has 0 radical (unpaired) electrons. The van der Waals surface area contributed by atoms with Gasteiger partial charge in [-0.25, -0.2) is 0 Å². The van der Waals surface area contributed by atoms with Gasteiger partial charge >= 0.3 is 0 Å². The van der Waals surface area contributed by atoms with Crippen molar-refractivity contribution in [1.82, 2.24) is 4.90 Å². The maximum Gasteiger partial charge on any atom is 0.129 e. The van der Waals surface area contributed by atoms with Crippen molar-refractivity contribution in [2.24, 2.45) is 0 Å². The van der Waals surface area contributed by atoms with Crippen LogP contribution in [0.15, 0.2) is 0 Å². The van der Waals surface area contributed by atoms with Crippen LogP contribution in [0.1, 0.15) is 40.5 Å². The van der Waals surface area contributed by atoms with E-state index in [-0.39, 0.29) is 0 Å². The zero-order valence-corrected chi connectivity index (χ0v) is 9.18. The zero-order chi connectivity index (χ0) is 9.98. The van der Waals surface area contributed by atoms with Gasteiger partial charge in [0.15, 0.2) is 0 Å². The Morgan fingerprint density at radius 1 is 1.33 bits per heavy atom. The second kappa shape index (κ2) is 10.6. The maximum absolute atomic E-state index is 10.5. The highest BCUT2D eigenvalue weighted by atomic mass is 16.1. The summed E-state index contributed by atoms with van der Waals surface area (Å²) >= 11 is 0. The van der Waals surface area contributed by atoms with Gasteiger partial charge in [0.05, 0.1) is 0 Å². The molecule has 12 heavy (non-hydrogen) atoms. The van der Waals surface area contributed by atoms with Gasteiger partial charge in [-0.15, -0.1) is 0 Å². The molecule has 0 aliphatic rings. The SMILES string of the molecule is CC.CCN(C)CCCC(C)=O. The number of Topliss-reactive ketones (excluding diaryl/α,β-unsaturated/α-hetero) is 1. The van der Waals surface area contributed by atoms with E-state index in [0.29, 0.717) is 5.78 Å². The standard InChI is InChI=1S/C8H17NO.C2H6/c1-4-9(3)7-5-6-8(2)10;1-2/h4-7H2,1-3H3;1-2H3. The second-order valence-electron chi connectivity index (χ2n) is 2.70. The highest BCUT2D eigenvalue weighted by molar-refractivity contribution is 5.75. The van der Waals surface area contributed by atoms with E-state index in [1.165, 1.54) is 0 Å². The summed E-state index contributed by atoms with van der Waals surface area (Å²) in [5, 5.41) is 0. The fourth-order valence-electron chi connectivity index (χ4n) is 0.756. The van der Waals surface area contributed by atoms with Crippen LogP contribution in [0.3, 0.4) is 0 Å². The molecule has 0 aromatic heterocycles. The van der Waals surface area contributed by atoms with Gasteiger partial charge in [0, 0.05) is 6.42 Å². The minimum Gasteiger partial charge on any atom is -0.307 e. The van der Waals surface area contributed by atoms with E-state index in [4.69, 9.17) is 0 Å². The van der Waals surface area contributed by atoms with Crippen molar-refractivity contribution in [3.05, 3.63) is 0 Å². The Hall–Kier alpha value is -0.370. The van der Waals surface area contributed by atoms with Gasteiger partial charge in [-0.3, -0.25) is 0 Å². The molecule has 0 aliphatic heterocycles. The summed E-state index contributed by atoms with van der Waals surface area (Å²) in [5.74, 6) is 0.296. The summed E-state index contributed by atoms with van der Waals surface area (Å²) in [6.45, 7) is 9.87. The first-order valence-electron chi connectivity index (χ1n) is 4.84. The van der Waals surface area contributed by atoms with E-state index < -0.39 is 0 Å². The lowest BCUT2D eigenvalue weighted by Crippen LogP contribution is -2.19. The van der Waals surface area contributed by atoms with E-state index in [0.717, 1.165) is 25.9 Å². The average molecular weight is 173 g/mol. The molecule has 0 rings (SSSR count). The van der Waals surface area contributed by atoms with E-state index >= 15 is 0 Å². The van der Waals surface area contributed by atoms with Crippen LogP contribution < -0.4 is 0 Å². The molecule has 0 amide bonds. The van der Waals surface area contributed by atoms with Gasteiger partial charge in [0.1, 0.15) is 5.78 Å². The predicted octanol–water partition coefficient (Wildman–Crippen LogP) is 2.33. The van der Waals surface area contributed by atoms with Gasteiger partial charge in [0.2, 0.25) is 0 Å². The number of nitrogens with zero attached hydrogens (tertiary/aromatic N) is 1. The normalized spacial score (nSPS) is 9.17. The molecule has 0 bridgehead atoms. The Labute approximate surface area is 77.0 Å². The predicted molar refractivity (Wildman–Crippen MR) is 54.4 cm³/mol. The molecule has 0 atom stereocenters. The van der Waals surface area contributed by atoms with Crippen molar-refractivity contribution in [2.45, 2.75) is 40.5 Å². The summed E-state index contributed by atoms with van der Waals surface area (Å²) < 4.78 is 0. The molecule has 0 aromatic rings. The minimum absolute atomic E-state index is 0.296. The Bertz CT molecular complexity index is 102. The minimum atomic E-state index is 0.296. The Balaban J connectivity index is 0. The van der Waals surface area contributed by atoms with E-state index in [9.17, 15) is 4.79 Å². The number of carbonyl (C=O) groups is 1. The summed E-state index contributed by atoms with van der Waals surface area (Å²) in [6.07, 6.45) is 1.73. The fraction of sp³-hybridized carbons (Fsp3) is 0.900. The van der Waals surface area contributed by atoms with Gasteiger partial charge in [-0.1, -0.05) is 20.8 Å². The Morgan fingerprint density at radius 3 is 2.17 bits per heavy atom. The molecule has 0 aliphatic carbocycles. The third-order valence-electron chi connectivity index (χ3n) is 1.61. The van der Waals surface area contributed by atoms with Crippen molar-refractivity contribution in [3.63, 3.8) is 0 Å². The topological polar surface area (TPSA) is 20.3 Å². The monoisotopic (exact) mass is 173 g/mol. The van der Waals surface area contributed by atoms with Crippen molar-refractivity contribution >= 4 is 5.78 Å². The molecule has 0 saturated heterocycles. The van der Waals surface area contributed by atoms with Crippen LogP contribution in [-0.2, 0) is 4.79 Å². The second-order valence-corrected chi connectivity index (χ2v) is 2.70. The Morgan fingerprint density at radius 2 is 1.83 bits per heavy atom. The Kier molecular flexibility index (Phi) is 12.6. The lowest BCUT2D eigenvalue weighted by Gasteiger charge is -2.11. The summed E-state index contributed by atoms with van der Waals surface area (Å²) in [6, 6.07) is 0. The number of hydrogen-bond acceptors (Lipinski definition) is 2. The third-order valence-corrected chi connectivity index (χ3v) is 1.61. The van der Waals surface area contributed by atoms with Crippen LogP contribution in [0, 0.1) is 0 Å². The maximum atomic E-state index is 10.5. The van der Waals surface area contributed by atoms with Crippen LogP contribution in [0.25, 0.3) is 0 Å². The zero-order valence-electron chi connectivity index (χ0n) is 9.18. The van der Waals surface area contributed by atoms with Crippen molar-refractivity contribution in [3.8, 4) is 0 Å². The molecule has 0 spiro atoms. The average Bonchev–Trinajstić information content (AvgIpc) is 2.07. The van der Waals surface area contributed by atoms with E-state index in [1.54, 1.807) is 6.92 Å². The number of hydrogen-bond donors (Lipinski definition) is 0. The van der Waals surface area contributed by atoms with Gasteiger partial charge < -0.3 is 9.69 Å². The van der Waals surface area contributed by atoms with Crippen LogP contribution in [0.4, 0.5) is 0 Å². The molecule has 0 unspecified atom stereocenters. The number of ketones is 1.